The fraction of sp³-hybridized carbons (Fsp3) is 0.450. The number of carbonyl (C=O) groups is 2. The van der Waals surface area contributed by atoms with Gasteiger partial charge in [0.25, 0.3) is 5.91 Å². The summed E-state index contributed by atoms with van der Waals surface area (Å²) in [5.74, 6) is 1.39. The second kappa shape index (κ2) is 6.40. The van der Waals surface area contributed by atoms with Crippen LogP contribution in [0.4, 0.5) is 5.82 Å². The van der Waals surface area contributed by atoms with Crippen LogP contribution in [0, 0.1) is 6.92 Å². The lowest BCUT2D eigenvalue weighted by Crippen LogP contribution is -2.48. The van der Waals surface area contributed by atoms with E-state index in [-0.39, 0.29) is 17.2 Å². The predicted octanol–water partition coefficient (Wildman–Crippen LogP) is 1.89. The largest absolute Gasteiger partial charge is 0.336 e. The molecule has 27 heavy (non-hydrogen) atoms. The smallest absolute Gasteiger partial charge is 0.272 e. The first kappa shape index (κ1) is 17.6. The Morgan fingerprint density at radius 1 is 1.26 bits per heavy atom. The molecule has 0 bridgehead atoms. The van der Waals surface area contributed by atoms with Gasteiger partial charge in [-0.25, -0.2) is 9.97 Å². The Bertz CT molecular complexity index is 914. The van der Waals surface area contributed by atoms with Crippen molar-refractivity contribution in [2.75, 3.05) is 25.0 Å². The van der Waals surface area contributed by atoms with Crippen molar-refractivity contribution >= 4 is 17.6 Å². The second-order valence-corrected chi connectivity index (χ2v) is 7.67. The molecule has 0 aromatic carbocycles. The first-order valence-electron chi connectivity index (χ1n) is 9.24. The average Bonchev–Trinajstić information content (AvgIpc) is 2.97. The molecule has 0 saturated carbocycles. The SMILES string of the molecule is Cc1nc(C2(C)CCCN(C(=O)c3ccccn3)C2)nc2c1CC(=O)N2C. The molecule has 140 valence electrons. The van der Waals surface area contributed by atoms with Gasteiger partial charge in [-0.15, -0.1) is 0 Å². The summed E-state index contributed by atoms with van der Waals surface area (Å²) >= 11 is 0. The zero-order valence-corrected chi connectivity index (χ0v) is 15.9. The van der Waals surface area contributed by atoms with E-state index in [0.717, 1.165) is 24.1 Å². The molecule has 0 N–H and O–H groups in total. The Hall–Kier alpha value is -2.83. The van der Waals surface area contributed by atoms with Crippen LogP contribution >= 0.6 is 0 Å². The van der Waals surface area contributed by atoms with E-state index in [2.05, 4.69) is 11.9 Å². The molecular formula is C20H23N5O2. The molecule has 2 aromatic rings. The minimum absolute atomic E-state index is 0.0419. The maximum atomic E-state index is 12.8. The van der Waals surface area contributed by atoms with Gasteiger partial charge in [-0.2, -0.15) is 0 Å². The highest BCUT2D eigenvalue weighted by atomic mass is 16.2. The van der Waals surface area contributed by atoms with Gasteiger partial charge in [0, 0.05) is 43.0 Å². The predicted molar refractivity (Wildman–Crippen MR) is 101 cm³/mol. The number of aromatic nitrogens is 3. The maximum Gasteiger partial charge on any atom is 0.272 e. The number of likely N-dealkylation sites (N-methyl/N-ethyl adjacent to an activating group) is 1. The summed E-state index contributed by atoms with van der Waals surface area (Å²) in [6, 6.07) is 5.37. The Balaban J connectivity index is 1.65. The van der Waals surface area contributed by atoms with Crippen molar-refractivity contribution in [2.45, 2.75) is 38.5 Å². The Kier molecular flexibility index (Phi) is 4.17. The van der Waals surface area contributed by atoms with Gasteiger partial charge in [0.05, 0.1) is 6.42 Å². The topological polar surface area (TPSA) is 79.3 Å². The quantitative estimate of drug-likeness (QED) is 0.812. The molecular weight excluding hydrogens is 342 g/mol. The van der Waals surface area contributed by atoms with Crippen LogP contribution in [-0.4, -0.2) is 51.8 Å². The van der Waals surface area contributed by atoms with Gasteiger partial charge in [-0.1, -0.05) is 13.0 Å². The van der Waals surface area contributed by atoms with E-state index < -0.39 is 0 Å². The van der Waals surface area contributed by atoms with E-state index in [1.165, 1.54) is 0 Å². The molecule has 1 fully saturated rings. The first-order valence-corrected chi connectivity index (χ1v) is 9.24. The zero-order valence-electron chi connectivity index (χ0n) is 15.9. The van der Waals surface area contributed by atoms with Crippen molar-refractivity contribution in [3.8, 4) is 0 Å². The number of likely N-dealkylation sites (tertiary alicyclic amines) is 1. The summed E-state index contributed by atoms with van der Waals surface area (Å²) in [7, 11) is 1.75. The van der Waals surface area contributed by atoms with Gasteiger partial charge >= 0.3 is 0 Å². The summed E-state index contributed by atoms with van der Waals surface area (Å²) in [4.78, 5) is 42.0. The molecule has 7 nitrogen and oxygen atoms in total. The van der Waals surface area contributed by atoms with Crippen molar-refractivity contribution in [3.63, 3.8) is 0 Å². The third-order valence-electron chi connectivity index (χ3n) is 5.62. The van der Waals surface area contributed by atoms with Crippen molar-refractivity contribution in [1.82, 2.24) is 19.9 Å². The van der Waals surface area contributed by atoms with Gasteiger partial charge in [0.2, 0.25) is 5.91 Å². The zero-order chi connectivity index (χ0) is 19.2. The lowest BCUT2D eigenvalue weighted by Gasteiger charge is -2.39. The summed E-state index contributed by atoms with van der Waals surface area (Å²) in [5, 5.41) is 0. The molecule has 0 radical (unpaired) electrons. The fourth-order valence-electron chi connectivity index (χ4n) is 3.97. The van der Waals surface area contributed by atoms with Crippen molar-refractivity contribution < 1.29 is 9.59 Å². The number of nitrogens with zero attached hydrogens (tertiary/aromatic N) is 5. The molecule has 2 aliphatic rings. The molecule has 2 aliphatic heterocycles. The number of hydrogen-bond donors (Lipinski definition) is 0. The first-order chi connectivity index (χ1) is 12.9. The molecule has 2 amide bonds. The lowest BCUT2D eigenvalue weighted by atomic mass is 9.80. The Morgan fingerprint density at radius 3 is 2.81 bits per heavy atom. The van der Waals surface area contributed by atoms with Crippen LogP contribution in [0.5, 0.6) is 0 Å². The van der Waals surface area contributed by atoms with Gasteiger partial charge in [-0.05, 0) is 31.9 Å². The summed E-state index contributed by atoms with van der Waals surface area (Å²) in [6.07, 6.45) is 3.77. The van der Waals surface area contributed by atoms with Crippen molar-refractivity contribution in [3.05, 3.63) is 47.2 Å². The molecule has 1 saturated heterocycles. The van der Waals surface area contributed by atoms with E-state index in [1.54, 1.807) is 30.3 Å². The number of aryl methyl sites for hydroxylation is 1. The summed E-state index contributed by atoms with van der Waals surface area (Å²) in [6.45, 7) is 5.27. The minimum Gasteiger partial charge on any atom is -0.336 e. The minimum atomic E-state index is -0.352. The van der Waals surface area contributed by atoms with E-state index in [9.17, 15) is 9.59 Å². The Labute approximate surface area is 158 Å². The van der Waals surface area contributed by atoms with Gasteiger partial charge < -0.3 is 4.90 Å². The van der Waals surface area contributed by atoms with E-state index in [1.807, 2.05) is 17.9 Å². The van der Waals surface area contributed by atoms with Crippen LogP contribution in [0.2, 0.25) is 0 Å². The molecule has 0 aliphatic carbocycles. The maximum absolute atomic E-state index is 12.8. The van der Waals surface area contributed by atoms with Crippen LogP contribution in [0.1, 0.15) is 47.3 Å². The molecule has 2 aromatic heterocycles. The monoisotopic (exact) mass is 365 g/mol. The fourth-order valence-corrected chi connectivity index (χ4v) is 3.97. The number of pyridine rings is 1. The van der Waals surface area contributed by atoms with Gasteiger partial charge in [-0.3, -0.25) is 19.5 Å². The third-order valence-corrected chi connectivity index (χ3v) is 5.62. The highest BCUT2D eigenvalue weighted by Crippen LogP contribution is 2.36. The standard InChI is InChI=1S/C20H23N5O2/c1-13-14-11-16(26)24(3)17(14)23-19(22-13)20(2)8-6-10-25(12-20)18(27)15-7-4-5-9-21-15/h4-5,7,9H,6,8,10-12H2,1-3H3. The van der Waals surface area contributed by atoms with Crippen LogP contribution in [0.3, 0.4) is 0 Å². The van der Waals surface area contributed by atoms with Crippen LogP contribution < -0.4 is 4.90 Å². The van der Waals surface area contributed by atoms with Gasteiger partial charge in [0.15, 0.2) is 0 Å². The van der Waals surface area contributed by atoms with Crippen molar-refractivity contribution in [1.29, 1.82) is 0 Å². The molecule has 1 unspecified atom stereocenters. The molecule has 4 heterocycles. The highest BCUT2D eigenvalue weighted by Gasteiger charge is 2.39. The number of piperidine rings is 1. The number of amides is 2. The molecule has 4 rings (SSSR count). The number of rotatable bonds is 2. The third kappa shape index (κ3) is 2.97. The summed E-state index contributed by atoms with van der Waals surface area (Å²) < 4.78 is 0. The normalized spacial score (nSPS) is 22.1. The van der Waals surface area contributed by atoms with E-state index >= 15 is 0 Å². The Morgan fingerprint density at radius 2 is 2.07 bits per heavy atom. The number of anilines is 1. The lowest BCUT2D eigenvalue weighted by molar-refractivity contribution is -0.117. The van der Waals surface area contributed by atoms with Crippen LogP contribution in [-0.2, 0) is 16.6 Å². The average molecular weight is 365 g/mol. The van der Waals surface area contributed by atoms with Crippen molar-refractivity contribution in [2.24, 2.45) is 0 Å². The number of hydrogen-bond acceptors (Lipinski definition) is 5. The van der Waals surface area contributed by atoms with Crippen LogP contribution in [0.25, 0.3) is 0 Å². The van der Waals surface area contributed by atoms with Crippen LogP contribution in [0.15, 0.2) is 24.4 Å². The van der Waals surface area contributed by atoms with Gasteiger partial charge in [0.1, 0.15) is 17.3 Å². The molecule has 7 heteroatoms. The summed E-state index contributed by atoms with van der Waals surface area (Å²) in [5.41, 5.74) is 1.86. The molecule has 0 spiro atoms. The highest BCUT2D eigenvalue weighted by molar-refractivity contribution is 6.00. The second-order valence-electron chi connectivity index (χ2n) is 7.67. The van der Waals surface area contributed by atoms with E-state index in [4.69, 9.17) is 9.97 Å². The van der Waals surface area contributed by atoms with E-state index in [0.29, 0.717) is 36.8 Å². The molecule has 1 atom stereocenters. The number of carbonyl (C=O) groups excluding carboxylic acids is 2. The number of fused-ring (bicyclic) bond motifs is 1.